The maximum Gasteiger partial charge on any atom is 0.349 e. The first-order valence-electron chi connectivity index (χ1n) is 16.4. The van der Waals surface area contributed by atoms with E-state index in [9.17, 15) is 24.4 Å². The van der Waals surface area contributed by atoms with Crippen molar-refractivity contribution in [3.63, 3.8) is 0 Å². The molecule has 270 valence electrons. The highest BCUT2D eigenvalue weighted by molar-refractivity contribution is 5.98. The van der Waals surface area contributed by atoms with Crippen LogP contribution in [0.15, 0.2) is 85.0 Å². The number of esters is 4. The SMILES string of the molecule is C=CC(=O)OCCCCOc1ccc(C(=O)Oc2ccc(C(=O)O[C@H]3CO[C@H]4[C@@H]3OC[C@H]4OC(=O)/C(C#N)=C/c3ccc(C)c(OC)c3)cc2)cc1. The molecule has 0 unspecified atom stereocenters. The van der Waals surface area contributed by atoms with Crippen LogP contribution in [0.3, 0.4) is 0 Å². The highest BCUT2D eigenvalue weighted by Gasteiger charge is 2.51. The molecule has 0 N–H and O–H groups in total. The van der Waals surface area contributed by atoms with E-state index in [4.69, 9.17) is 37.9 Å². The van der Waals surface area contributed by atoms with E-state index in [0.29, 0.717) is 42.1 Å². The van der Waals surface area contributed by atoms with Crippen molar-refractivity contribution in [2.24, 2.45) is 0 Å². The van der Waals surface area contributed by atoms with E-state index in [1.54, 1.807) is 36.4 Å². The number of unbranched alkanes of at least 4 members (excludes halogenated alkanes) is 1. The molecule has 0 aliphatic carbocycles. The second kappa shape index (κ2) is 17.8. The van der Waals surface area contributed by atoms with Gasteiger partial charge in [0.25, 0.3) is 0 Å². The van der Waals surface area contributed by atoms with Crippen LogP contribution in [0.1, 0.15) is 44.7 Å². The van der Waals surface area contributed by atoms with Gasteiger partial charge in [0.15, 0.2) is 12.2 Å². The van der Waals surface area contributed by atoms with E-state index in [-0.39, 0.29) is 36.7 Å². The molecule has 3 aromatic carbocycles. The summed E-state index contributed by atoms with van der Waals surface area (Å²) < 4.78 is 44.1. The minimum Gasteiger partial charge on any atom is -0.496 e. The molecule has 13 nitrogen and oxygen atoms in total. The van der Waals surface area contributed by atoms with Crippen LogP contribution in [-0.2, 0) is 33.3 Å². The minimum atomic E-state index is -0.832. The van der Waals surface area contributed by atoms with Crippen molar-refractivity contribution in [3.8, 4) is 23.3 Å². The lowest BCUT2D eigenvalue weighted by molar-refractivity contribution is -0.148. The van der Waals surface area contributed by atoms with Crippen LogP contribution < -0.4 is 14.2 Å². The number of aryl methyl sites for hydroxylation is 1. The lowest BCUT2D eigenvalue weighted by Crippen LogP contribution is -2.36. The van der Waals surface area contributed by atoms with Gasteiger partial charge in [-0.15, -0.1) is 0 Å². The van der Waals surface area contributed by atoms with E-state index in [0.717, 1.165) is 11.6 Å². The smallest absolute Gasteiger partial charge is 0.349 e. The predicted molar refractivity (Wildman–Crippen MR) is 184 cm³/mol. The predicted octanol–water partition coefficient (Wildman–Crippen LogP) is 4.95. The van der Waals surface area contributed by atoms with Crippen molar-refractivity contribution < 1.29 is 57.1 Å². The third-order valence-electron chi connectivity index (χ3n) is 8.17. The van der Waals surface area contributed by atoms with Crippen LogP contribution in [0.2, 0.25) is 0 Å². The molecule has 5 rings (SSSR count). The van der Waals surface area contributed by atoms with E-state index < -0.39 is 48.3 Å². The lowest BCUT2D eigenvalue weighted by atomic mass is 10.1. The first-order valence-corrected chi connectivity index (χ1v) is 16.4. The Kier molecular flexibility index (Phi) is 12.8. The zero-order chi connectivity index (χ0) is 37.0. The van der Waals surface area contributed by atoms with Gasteiger partial charge < -0.3 is 37.9 Å². The van der Waals surface area contributed by atoms with Gasteiger partial charge in [0.1, 0.15) is 41.1 Å². The van der Waals surface area contributed by atoms with Crippen molar-refractivity contribution in [1.29, 1.82) is 5.26 Å². The Labute approximate surface area is 300 Å². The van der Waals surface area contributed by atoms with Crippen LogP contribution >= 0.6 is 0 Å². The van der Waals surface area contributed by atoms with E-state index >= 15 is 0 Å². The largest absolute Gasteiger partial charge is 0.496 e. The van der Waals surface area contributed by atoms with Gasteiger partial charge in [0, 0.05) is 6.08 Å². The number of carbonyl (C=O) groups excluding carboxylic acids is 4. The normalized spacial score (nSPS) is 19.1. The molecule has 4 atom stereocenters. The van der Waals surface area contributed by atoms with Gasteiger partial charge in [-0.25, -0.2) is 19.2 Å². The highest BCUT2D eigenvalue weighted by Crippen LogP contribution is 2.32. The Morgan fingerprint density at radius 3 is 2.10 bits per heavy atom. The maximum absolute atomic E-state index is 13.0. The average Bonchev–Trinajstić information content (AvgIpc) is 3.75. The molecule has 0 radical (unpaired) electrons. The number of rotatable bonds is 15. The lowest BCUT2D eigenvalue weighted by Gasteiger charge is -2.17. The molecule has 0 aromatic heterocycles. The number of benzene rings is 3. The average molecular weight is 712 g/mol. The first kappa shape index (κ1) is 37.3. The highest BCUT2D eigenvalue weighted by atomic mass is 16.7. The molecule has 3 aromatic rings. The Balaban J connectivity index is 1.07. The van der Waals surface area contributed by atoms with Crippen molar-refractivity contribution >= 4 is 30.0 Å². The van der Waals surface area contributed by atoms with Gasteiger partial charge in [-0.2, -0.15) is 5.26 Å². The Morgan fingerprint density at radius 2 is 1.46 bits per heavy atom. The standard InChI is InChI=1S/C39H37NO12/c1-4-34(41)47-18-6-5-17-46-29-13-9-26(10-14-29)37(42)50-30-15-11-27(12-16-30)38(43)51-32-22-48-36-33(23-49-35(32)36)52-39(44)28(21-40)19-25-8-7-24(2)31(20-25)45-3/h4,7-16,19-20,32-33,35-36H,1,5-6,17-18,22-23H2,2-3H3/b28-19+/t32-,33+,35+,36+/m0/s1. The summed E-state index contributed by atoms with van der Waals surface area (Å²) in [7, 11) is 1.54. The number of hydrogen-bond acceptors (Lipinski definition) is 13. The summed E-state index contributed by atoms with van der Waals surface area (Å²) >= 11 is 0. The molecular weight excluding hydrogens is 674 g/mol. The number of carbonyl (C=O) groups is 4. The topological polar surface area (TPSA) is 166 Å². The summed E-state index contributed by atoms with van der Waals surface area (Å²) in [5.74, 6) is -1.13. The second-order valence-electron chi connectivity index (χ2n) is 11.7. The zero-order valence-corrected chi connectivity index (χ0v) is 28.6. The number of ether oxygens (including phenoxy) is 8. The molecule has 0 saturated carbocycles. The molecule has 13 heteroatoms. The molecule has 2 aliphatic heterocycles. The first-order chi connectivity index (χ1) is 25.2. The molecule has 2 aliphatic rings. The quantitative estimate of drug-likeness (QED) is 0.0519. The fourth-order valence-electron chi connectivity index (χ4n) is 5.41. The number of fused-ring (bicyclic) bond motifs is 1. The minimum absolute atomic E-state index is 0.00139. The fraction of sp³-hybridized carbons (Fsp3) is 0.308. The van der Waals surface area contributed by atoms with E-state index in [1.165, 1.54) is 37.5 Å². The van der Waals surface area contributed by atoms with Gasteiger partial charge in [-0.3, -0.25) is 0 Å². The van der Waals surface area contributed by atoms with Crippen molar-refractivity contribution in [1.82, 2.24) is 0 Å². The van der Waals surface area contributed by atoms with E-state index in [1.807, 2.05) is 19.1 Å². The van der Waals surface area contributed by atoms with Crippen LogP contribution in [-0.4, -0.2) is 81.8 Å². The van der Waals surface area contributed by atoms with Gasteiger partial charge in [-0.05, 0) is 91.6 Å². The summed E-state index contributed by atoms with van der Waals surface area (Å²) in [6, 6.07) is 19.5. The third-order valence-corrected chi connectivity index (χ3v) is 8.17. The zero-order valence-electron chi connectivity index (χ0n) is 28.6. The van der Waals surface area contributed by atoms with Crippen LogP contribution in [0.25, 0.3) is 6.08 Å². The van der Waals surface area contributed by atoms with Crippen LogP contribution in [0.5, 0.6) is 17.2 Å². The molecule has 2 heterocycles. The number of methoxy groups -OCH3 is 1. The summed E-state index contributed by atoms with van der Waals surface area (Å²) in [6.45, 7) is 5.93. The van der Waals surface area contributed by atoms with Gasteiger partial charge in [0.2, 0.25) is 0 Å². The summed E-state index contributed by atoms with van der Waals surface area (Å²) in [5.41, 5.74) is 1.81. The number of nitrogens with zero attached hydrogens (tertiary/aromatic N) is 1. The summed E-state index contributed by atoms with van der Waals surface area (Å²) in [6.07, 6.45) is 0.899. The van der Waals surface area contributed by atoms with Crippen molar-refractivity contribution in [3.05, 3.63) is 107 Å². The van der Waals surface area contributed by atoms with Gasteiger partial charge in [0.05, 0.1) is 44.7 Å². The maximum atomic E-state index is 13.0. The molecule has 0 bridgehead atoms. The van der Waals surface area contributed by atoms with E-state index in [2.05, 4.69) is 6.58 Å². The molecule has 0 amide bonds. The van der Waals surface area contributed by atoms with Crippen LogP contribution in [0.4, 0.5) is 0 Å². The van der Waals surface area contributed by atoms with Crippen LogP contribution in [0, 0.1) is 18.3 Å². The summed E-state index contributed by atoms with van der Waals surface area (Å²) in [4.78, 5) is 49.5. The Hall–Kier alpha value is -5.97. The second-order valence-corrected chi connectivity index (χ2v) is 11.7. The number of nitriles is 1. The third kappa shape index (κ3) is 9.63. The molecule has 2 saturated heterocycles. The Morgan fingerprint density at radius 1 is 0.846 bits per heavy atom. The van der Waals surface area contributed by atoms with Crippen molar-refractivity contribution in [2.75, 3.05) is 33.5 Å². The Bertz CT molecular complexity index is 1840. The van der Waals surface area contributed by atoms with Gasteiger partial charge >= 0.3 is 23.9 Å². The molecular formula is C39H37NO12. The fourth-order valence-corrected chi connectivity index (χ4v) is 5.41. The monoisotopic (exact) mass is 711 g/mol. The number of hydrogen-bond donors (Lipinski definition) is 0. The van der Waals surface area contributed by atoms with Crippen molar-refractivity contribution in [2.45, 2.75) is 44.2 Å². The van der Waals surface area contributed by atoms with Gasteiger partial charge in [-0.1, -0.05) is 18.7 Å². The molecule has 52 heavy (non-hydrogen) atoms. The summed E-state index contributed by atoms with van der Waals surface area (Å²) in [5, 5.41) is 9.62. The molecule has 0 spiro atoms. The molecule has 2 fully saturated rings.